The van der Waals surface area contributed by atoms with E-state index in [0.29, 0.717) is 17.4 Å². The lowest BCUT2D eigenvalue weighted by Crippen LogP contribution is -2.30. The summed E-state index contributed by atoms with van der Waals surface area (Å²) in [5.41, 5.74) is 0.0347. The fourth-order valence-electron chi connectivity index (χ4n) is 1.35. The van der Waals surface area contributed by atoms with E-state index >= 15 is 0 Å². The molecule has 1 rings (SSSR count). The largest absolute Gasteiger partial charge is 0.393 e. The van der Waals surface area contributed by atoms with E-state index in [2.05, 4.69) is 15.9 Å². The lowest BCUT2D eigenvalue weighted by molar-refractivity contribution is 0.0764. The molecular weight excluding hydrogens is 289 g/mol. The van der Waals surface area contributed by atoms with Gasteiger partial charge in [0.15, 0.2) is 0 Å². The summed E-state index contributed by atoms with van der Waals surface area (Å²) in [5, 5.41) is 9.13. The number of aliphatic hydroxyl groups is 1. The van der Waals surface area contributed by atoms with Gasteiger partial charge in [-0.15, -0.1) is 0 Å². The van der Waals surface area contributed by atoms with E-state index in [4.69, 9.17) is 5.11 Å². The molecule has 0 bridgehead atoms. The SMILES string of the molecule is CC(O)CCN(C)C(=O)c1cc(Br)ccc1F. The highest BCUT2D eigenvalue weighted by atomic mass is 79.9. The van der Waals surface area contributed by atoms with Crippen LogP contribution < -0.4 is 0 Å². The molecule has 0 aromatic heterocycles. The molecule has 3 nitrogen and oxygen atoms in total. The summed E-state index contributed by atoms with van der Waals surface area (Å²) in [6.45, 7) is 2.04. The Labute approximate surface area is 108 Å². The lowest BCUT2D eigenvalue weighted by atomic mass is 10.2. The van der Waals surface area contributed by atoms with Gasteiger partial charge in [0, 0.05) is 18.1 Å². The van der Waals surface area contributed by atoms with Crippen molar-refractivity contribution < 1.29 is 14.3 Å². The molecule has 0 heterocycles. The number of amides is 1. The fraction of sp³-hybridized carbons (Fsp3) is 0.417. The number of carbonyl (C=O) groups is 1. The summed E-state index contributed by atoms with van der Waals surface area (Å²) >= 11 is 3.20. The number of carbonyl (C=O) groups excluding carboxylic acids is 1. The molecule has 0 aliphatic carbocycles. The Kier molecular flexibility index (Phi) is 5.08. The number of rotatable bonds is 4. The molecule has 0 aliphatic rings. The first-order chi connectivity index (χ1) is 7.91. The average molecular weight is 304 g/mol. The van der Waals surface area contributed by atoms with Crippen molar-refractivity contribution in [2.75, 3.05) is 13.6 Å². The molecule has 0 aliphatic heterocycles. The zero-order valence-electron chi connectivity index (χ0n) is 9.78. The topological polar surface area (TPSA) is 40.5 Å². The molecule has 1 amide bonds. The van der Waals surface area contributed by atoms with E-state index in [1.807, 2.05) is 0 Å². The zero-order valence-corrected chi connectivity index (χ0v) is 11.4. The van der Waals surface area contributed by atoms with Crippen LogP contribution in [-0.2, 0) is 0 Å². The highest BCUT2D eigenvalue weighted by Crippen LogP contribution is 2.17. The van der Waals surface area contributed by atoms with Gasteiger partial charge in [-0.3, -0.25) is 4.79 Å². The maximum absolute atomic E-state index is 13.5. The van der Waals surface area contributed by atoms with Crippen LogP contribution in [0.2, 0.25) is 0 Å². The minimum atomic E-state index is -0.540. The molecule has 0 fully saturated rings. The predicted octanol–water partition coefficient (Wildman–Crippen LogP) is 2.43. The van der Waals surface area contributed by atoms with Crippen molar-refractivity contribution in [2.24, 2.45) is 0 Å². The molecule has 1 aromatic rings. The van der Waals surface area contributed by atoms with Gasteiger partial charge in [0.25, 0.3) is 5.91 Å². The molecule has 0 radical (unpaired) electrons. The number of aliphatic hydroxyl groups excluding tert-OH is 1. The monoisotopic (exact) mass is 303 g/mol. The van der Waals surface area contributed by atoms with Gasteiger partial charge in [-0.2, -0.15) is 0 Å². The minimum Gasteiger partial charge on any atom is -0.393 e. The van der Waals surface area contributed by atoms with Crippen LogP contribution in [0.15, 0.2) is 22.7 Å². The predicted molar refractivity (Wildman–Crippen MR) is 67.4 cm³/mol. The Bertz CT molecular complexity index is 409. The first kappa shape index (κ1) is 14.1. The number of hydrogen-bond acceptors (Lipinski definition) is 2. The van der Waals surface area contributed by atoms with Crippen molar-refractivity contribution in [3.05, 3.63) is 34.1 Å². The Balaban J connectivity index is 2.78. The van der Waals surface area contributed by atoms with E-state index in [1.165, 1.54) is 17.0 Å². The normalized spacial score (nSPS) is 12.3. The lowest BCUT2D eigenvalue weighted by Gasteiger charge is -2.18. The quantitative estimate of drug-likeness (QED) is 0.928. The third kappa shape index (κ3) is 4.09. The summed E-state index contributed by atoms with van der Waals surface area (Å²) < 4.78 is 14.1. The van der Waals surface area contributed by atoms with E-state index in [-0.39, 0.29) is 11.5 Å². The van der Waals surface area contributed by atoms with Crippen LogP contribution in [0.3, 0.4) is 0 Å². The van der Waals surface area contributed by atoms with Crippen molar-refractivity contribution in [2.45, 2.75) is 19.4 Å². The van der Waals surface area contributed by atoms with Gasteiger partial charge in [0.2, 0.25) is 0 Å². The summed E-state index contributed by atoms with van der Waals surface area (Å²) in [4.78, 5) is 13.3. The maximum atomic E-state index is 13.5. The molecule has 1 aromatic carbocycles. The van der Waals surface area contributed by atoms with Gasteiger partial charge in [0.05, 0.1) is 11.7 Å². The fourth-order valence-corrected chi connectivity index (χ4v) is 1.71. The second-order valence-corrected chi connectivity index (χ2v) is 4.90. The van der Waals surface area contributed by atoms with E-state index in [0.717, 1.165) is 0 Å². The van der Waals surface area contributed by atoms with Gasteiger partial charge in [-0.05, 0) is 31.5 Å². The van der Waals surface area contributed by atoms with Gasteiger partial charge in [0.1, 0.15) is 5.82 Å². The van der Waals surface area contributed by atoms with Gasteiger partial charge < -0.3 is 10.0 Å². The smallest absolute Gasteiger partial charge is 0.256 e. The van der Waals surface area contributed by atoms with Crippen LogP contribution in [0, 0.1) is 5.82 Å². The van der Waals surface area contributed by atoms with Crippen LogP contribution in [-0.4, -0.2) is 35.6 Å². The van der Waals surface area contributed by atoms with Crippen molar-refractivity contribution in [1.29, 1.82) is 0 Å². The zero-order chi connectivity index (χ0) is 13.0. The van der Waals surface area contributed by atoms with Crippen molar-refractivity contribution >= 4 is 21.8 Å². The third-order valence-corrected chi connectivity index (χ3v) is 2.88. The van der Waals surface area contributed by atoms with E-state index in [9.17, 15) is 9.18 Å². The molecule has 0 saturated heterocycles. The standard InChI is InChI=1S/C12H15BrFNO2/c1-8(16)5-6-15(2)12(17)10-7-9(13)3-4-11(10)14/h3-4,7-8,16H,5-6H2,1-2H3. The average Bonchev–Trinajstić information content (AvgIpc) is 2.28. The molecule has 17 heavy (non-hydrogen) atoms. The molecular formula is C12H15BrFNO2. The van der Waals surface area contributed by atoms with Crippen molar-refractivity contribution in [3.63, 3.8) is 0 Å². The van der Waals surface area contributed by atoms with Gasteiger partial charge in [-0.1, -0.05) is 15.9 Å². The molecule has 1 unspecified atom stereocenters. The van der Waals surface area contributed by atoms with Gasteiger partial charge in [-0.25, -0.2) is 4.39 Å². The second kappa shape index (κ2) is 6.12. The maximum Gasteiger partial charge on any atom is 0.256 e. The van der Waals surface area contributed by atoms with Crippen LogP contribution >= 0.6 is 15.9 Å². The molecule has 1 atom stereocenters. The first-order valence-electron chi connectivity index (χ1n) is 5.30. The summed E-state index contributed by atoms with van der Waals surface area (Å²) in [6, 6.07) is 4.25. The second-order valence-electron chi connectivity index (χ2n) is 3.99. The summed E-state index contributed by atoms with van der Waals surface area (Å²) in [5.74, 6) is -0.924. The Morgan fingerprint density at radius 3 is 2.82 bits per heavy atom. The summed E-state index contributed by atoms with van der Waals surface area (Å²) in [7, 11) is 1.59. The highest BCUT2D eigenvalue weighted by molar-refractivity contribution is 9.10. The molecule has 0 saturated carbocycles. The van der Waals surface area contributed by atoms with E-state index < -0.39 is 11.9 Å². The first-order valence-corrected chi connectivity index (χ1v) is 6.09. The third-order valence-electron chi connectivity index (χ3n) is 2.39. The van der Waals surface area contributed by atoms with Crippen LogP contribution in [0.4, 0.5) is 4.39 Å². The number of halogens is 2. The Morgan fingerprint density at radius 1 is 1.59 bits per heavy atom. The molecule has 94 valence electrons. The number of nitrogens with zero attached hydrogens (tertiary/aromatic N) is 1. The van der Waals surface area contributed by atoms with Crippen LogP contribution in [0.25, 0.3) is 0 Å². The Hall–Kier alpha value is -0.940. The minimum absolute atomic E-state index is 0.0347. The number of hydrogen-bond donors (Lipinski definition) is 1. The van der Waals surface area contributed by atoms with Crippen LogP contribution in [0.5, 0.6) is 0 Å². The number of benzene rings is 1. The van der Waals surface area contributed by atoms with E-state index in [1.54, 1.807) is 20.0 Å². The van der Waals surface area contributed by atoms with Gasteiger partial charge >= 0.3 is 0 Å². The van der Waals surface area contributed by atoms with Crippen molar-refractivity contribution in [1.82, 2.24) is 4.90 Å². The van der Waals surface area contributed by atoms with Crippen molar-refractivity contribution in [3.8, 4) is 0 Å². The Morgan fingerprint density at radius 2 is 2.24 bits per heavy atom. The molecule has 0 spiro atoms. The summed E-state index contributed by atoms with van der Waals surface area (Å²) in [6.07, 6.45) is -0.00434. The molecule has 1 N–H and O–H groups in total. The molecule has 5 heteroatoms. The van der Waals surface area contributed by atoms with Crippen LogP contribution in [0.1, 0.15) is 23.7 Å². The highest BCUT2D eigenvalue weighted by Gasteiger charge is 2.16.